The van der Waals surface area contributed by atoms with E-state index in [2.05, 4.69) is 5.32 Å². The van der Waals surface area contributed by atoms with Crippen LogP contribution in [0.25, 0.3) is 6.08 Å². The molecule has 0 bridgehead atoms. The zero-order valence-corrected chi connectivity index (χ0v) is 11.3. The normalized spacial score (nSPS) is 12.4. The van der Waals surface area contributed by atoms with Crippen molar-refractivity contribution in [1.82, 2.24) is 5.32 Å². The van der Waals surface area contributed by atoms with E-state index in [-0.39, 0.29) is 11.9 Å². The molecule has 3 heteroatoms. The van der Waals surface area contributed by atoms with Crippen LogP contribution in [-0.4, -0.2) is 18.6 Å². The number of hydrogen-bond acceptors (Lipinski definition) is 2. The molecule has 0 unspecified atom stereocenters. The van der Waals surface area contributed by atoms with E-state index in [1.54, 1.807) is 12.2 Å². The van der Waals surface area contributed by atoms with Gasteiger partial charge in [0, 0.05) is 12.1 Å². The zero-order chi connectivity index (χ0) is 13.4. The van der Waals surface area contributed by atoms with Crippen molar-refractivity contribution < 1.29 is 9.53 Å². The van der Waals surface area contributed by atoms with Crippen molar-refractivity contribution in [3.63, 3.8) is 0 Å². The number of amides is 1. The molecule has 98 valence electrons. The van der Waals surface area contributed by atoms with Gasteiger partial charge in [-0.25, -0.2) is 0 Å². The lowest BCUT2D eigenvalue weighted by molar-refractivity contribution is -0.117. The molecule has 1 N–H and O–H groups in total. The lowest BCUT2D eigenvalue weighted by Gasteiger charge is -2.08. The van der Waals surface area contributed by atoms with Crippen molar-refractivity contribution in [3.8, 4) is 5.75 Å². The summed E-state index contributed by atoms with van der Waals surface area (Å²) in [5.41, 5.74) is 0.984. The molecule has 0 aliphatic heterocycles. The maximum absolute atomic E-state index is 11.5. The Bertz CT molecular complexity index is 395. The van der Waals surface area contributed by atoms with E-state index >= 15 is 0 Å². The molecule has 0 aliphatic carbocycles. The molecule has 1 aromatic carbocycles. The summed E-state index contributed by atoms with van der Waals surface area (Å²) >= 11 is 0. The van der Waals surface area contributed by atoms with Gasteiger partial charge in [-0.3, -0.25) is 4.79 Å². The van der Waals surface area contributed by atoms with Crippen molar-refractivity contribution in [2.24, 2.45) is 0 Å². The van der Waals surface area contributed by atoms with E-state index in [1.807, 2.05) is 45.0 Å². The standard InChI is InChI=1S/C15H21NO2/c1-4-12(3)16-15(17)11-8-13-6-9-14(10-7-13)18-5-2/h6-12H,4-5H2,1-3H3,(H,16,17)/b11-8+/t12-/m0/s1. The van der Waals surface area contributed by atoms with E-state index in [0.29, 0.717) is 6.61 Å². The summed E-state index contributed by atoms with van der Waals surface area (Å²) < 4.78 is 5.35. The van der Waals surface area contributed by atoms with Crippen molar-refractivity contribution in [1.29, 1.82) is 0 Å². The second-order valence-corrected chi connectivity index (χ2v) is 4.15. The van der Waals surface area contributed by atoms with Gasteiger partial charge in [-0.2, -0.15) is 0 Å². The molecular formula is C15H21NO2. The van der Waals surface area contributed by atoms with Gasteiger partial charge in [-0.05, 0) is 44.0 Å². The fourth-order valence-corrected chi connectivity index (χ4v) is 1.41. The Morgan fingerprint density at radius 1 is 1.33 bits per heavy atom. The number of nitrogens with one attached hydrogen (secondary N) is 1. The third-order valence-electron chi connectivity index (χ3n) is 2.62. The molecule has 0 aliphatic rings. The van der Waals surface area contributed by atoms with Crippen molar-refractivity contribution in [2.45, 2.75) is 33.2 Å². The molecule has 3 nitrogen and oxygen atoms in total. The average molecular weight is 247 g/mol. The molecule has 0 spiro atoms. The first-order valence-electron chi connectivity index (χ1n) is 6.37. The summed E-state index contributed by atoms with van der Waals surface area (Å²) in [5.74, 6) is 0.789. The maximum atomic E-state index is 11.5. The highest BCUT2D eigenvalue weighted by Gasteiger charge is 2.00. The molecule has 1 aromatic rings. The molecule has 0 aromatic heterocycles. The number of ether oxygens (including phenoxy) is 1. The molecule has 0 heterocycles. The van der Waals surface area contributed by atoms with Gasteiger partial charge in [0.25, 0.3) is 0 Å². The highest BCUT2D eigenvalue weighted by atomic mass is 16.5. The van der Waals surface area contributed by atoms with E-state index in [0.717, 1.165) is 17.7 Å². The number of carbonyl (C=O) groups excluding carboxylic acids is 1. The van der Waals surface area contributed by atoms with Gasteiger partial charge in [-0.15, -0.1) is 0 Å². The molecule has 0 saturated heterocycles. The third-order valence-corrected chi connectivity index (χ3v) is 2.62. The fourth-order valence-electron chi connectivity index (χ4n) is 1.41. The highest BCUT2D eigenvalue weighted by molar-refractivity contribution is 5.91. The van der Waals surface area contributed by atoms with Crippen LogP contribution in [0, 0.1) is 0 Å². The summed E-state index contributed by atoms with van der Waals surface area (Å²) in [6, 6.07) is 7.86. The topological polar surface area (TPSA) is 38.3 Å². The number of carbonyl (C=O) groups is 1. The molecule has 1 amide bonds. The molecular weight excluding hydrogens is 226 g/mol. The predicted octanol–water partition coefficient (Wildman–Crippen LogP) is 3.01. The van der Waals surface area contributed by atoms with Crippen molar-refractivity contribution in [2.75, 3.05) is 6.61 Å². The zero-order valence-electron chi connectivity index (χ0n) is 11.3. The van der Waals surface area contributed by atoms with Gasteiger partial charge in [0.15, 0.2) is 0 Å². The van der Waals surface area contributed by atoms with E-state index in [4.69, 9.17) is 4.74 Å². The van der Waals surface area contributed by atoms with Gasteiger partial charge < -0.3 is 10.1 Å². The SMILES string of the molecule is CCOc1ccc(/C=C/C(=O)N[C@@H](C)CC)cc1. The lowest BCUT2D eigenvalue weighted by Crippen LogP contribution is -2.30. The Kier molecular flexibility index (Phi) is 5.98. The van der Waals surface area contributed by atoms with E-state index < -0.39 is 0 Å². The van der Waals surface area contributed by atoms with Crippen LogP contribution in [-0.2, 0) is 4.79 Å². The van der Waals surface area contributed by atoms with Crippen LogP contribution in [0.3, 0.4) is 0 Å². The molecule has 0 fully saturated rings. The van der Waals surface area contributed by atoms with Gasteiger partial charge in [0.1, 0.15) is 5.75 Å². The Balaban J connectivity index is 2.53. The van der Waals surface area contributed by atoms with Crippen LogP contribution in [0.4, 0.5) is 0 Å². The predicted molar refractivity (Wildman–Crippen MR) is 74.5 cm³/mol. The largest absolute Gasteiger partial charge is 0.494 e. The highest BCUT2D eigenvalue weighted by Crippen LogP contribution is 2.12. The number of hydrogen-bond donors (Lipinski definition) is 1. The van der Waals surface area contributed by atoms with Crippen LogP contribution in [0.1, 0.15) is 32.8 Å². The monoisotopic (exact) mass is 247 g/mol. The van der Waals surface area contributed by atoms with Crippen LogP contribution >= 0.6 is 0 Å². The molecule has 1 rings (SSSR count). The van der Waals surface area contributed by atoms with Gasteiger partial charge in [0.2, 0.25) is 5.91 Å². The molecule has 18 heavy (non-hydrogen) atoms. The first kappa shape index (κ1) is 14.3. The lowest BCUT2D eigenvalue weighted by atomic mass is 10.2. The van der Waals surface area contributed by atoms with E-state index in [9.17, 15) is 4.79 Å². The first-order valence-corrected chi connectivity index (χ1v) is 6.37. The second-order valence-electron chi connectivity index (χ2n) is 4.15. The Labute approximate surface area is 109 Å². The first-order chi connectivity index (χ1) is 8.65. The van der Waals surface area contributed by atoms with Crippen LogP contribution in [0.5, 0.6) is 5.75 Å². The average Bonchev–Trinajstić information content (AvgIpc) is 2.38. The Morgan fingerprint density at radius 3 is 2.56 bits per heavy atom. The van der Waals surface area contributed by atoms with Gasteiger partial charge in [-0.1, -0.05) is 19.1 Å². The van der Waals surface area contributed by atoms with Gasteiger partial charge in [0.05, 0.1) is 6.61 Å². The Hall–Kier alpha value is -1.77. The molecule has 0 radical (unpaired) electrons. The summed E-state index contributed by atoms with van der Waals surface area (Å²) in [4.78, 5) is 11.5. The van der Waals surface area contributed by atoms with Crippen LogP contribution in [0.15, 0.2) is 30.3 Å². The molecule has 1 atom stereocenters. The summed E-state index contributed by atoms with van der Waals surface area (Å²) in [7, 11) is 0. The third kappa shape index (κ3) is 5.04. The van der Waals surface area contributed by atoms with Crippen LogP contribution < -0.4 is 10.1 Å². The van der Waals surface area contributed by atoms with Gasteiger partial charge >= 0.3 is 0 Å². The fraction of sp³-hybridized carbons (Fsp3) is 0.400. The number of benzene rings is 1. The molecule has 0 saturated carbocycles. The van der Waals surface area contributed by atoms with Crippen molar-refractivity contribution >= 4 is 12.0 Å². The van der Waals surface area contributed by atoms with Crippen molar-refractivity contribution in [3.05, 3.63) is 35.9 Å². The maximum Gasteiger partial charge on any atom is 0.244 e. The summed E-state index contributed by atoms with van der Waals surface area (Å²) in [5, 5.41) is 2.88. The second kappa shape index (κ2) is 7.54. The smallest absolute Gasteiger partial charge is 0.244 e. The van der Waals surface area contributed by atoms with E-state index in [1.165, 1.54) is 0 Å². The minimum absolute atomic E-state index is 0.0572. The summed E-state index contributed by atoms with van der Waals surface area (Å²) in [6.07, 6.45) is 4.29. The minimum Gasteiger partial charge on any atom is -0.494 e. The summed E-state index contributed by atoms with van der Waals surface area (Å²) in [6.45, 7) is 6.64. The quantitative estimate of drug-likeness (QED) is 0.785. The number of rotatable bonds is 6. The van der Waals surface area contributed by atoms with Crippen LogP contribution in [0.2, 0.25) is 0 Å². The minimum atomic E-state index is -0.0572. The Morgan fingerprint density at radius 2 is 2.00 bits per heavy atom.